The molecule has 27 heavy (non-hydrogen) atoms. The zero-order valence-corrected chi connectivity index (χ0v) is 14.5. The molecule has 0 unspecified atom stereocenters. The first-order valence-electron chi connectivity index (χ1n) is 8.87. The quantitative estimate of drug-likeness (QED) is 0.668. The van der Waals surface area contributed by atoms with Crippen LogP contribution in [0.4, 0.5) is 14.9 Å². The zero-order chi connectivity index (χ0) is 19.0. The molecule has 6 nitrogen and oxygen atoms in total. The third-order valence-electron chi connectivity index (χ3n) is 4.96. The second-order valence-corrected chi connectivity index (χ2v) is 6.77. The van der Waals surface area contributed by atoms with Crippen molar-refractivity contribution in [3.8, 4) is 0 Å². The average Bonchev–Trinajstić information content (AvgIpc) is 3.30. The van der Waals surface area contributed by atoms with Gasteiger partial charge in [0.1, 0.15) is 11.4 Å². The highest BCUT2D eigenvalue weighted by atomic mass is 19.1. The van der Waals surface area contributed by atoms with Crippen LogP contribution in [0.3, 0.4) is 0 Å². The molecule has 0 radical (unpaired) electrons. The molecule has 4 rings (SSSR count). The fraction of sp³-hybridized carbons (Fsp3) is 0.250. The average molecular weight is 367 g/mol. The lowest BCUT2D eigenvalue weighted by Gasteiger charge is -2.26. The van der Waals surface area contributed by atoms with Crippen LogP contribution in [-0.2, 0) is 9.59 Å². The Morgan fingerprint density at radius 2 is 1.89 bits per heavy atom. The minimum absolute atomic E-state index is 0.0689. The number of halogens is 1. The molecule has 7 heteroatoms. The van der Waals surface area contributed by atoms with Gasteiger partial charge in [0.15, 0.2) is 0 Å². The fourth-order valence-electron chi connectivity index (χ4n) is 3.62. The lowest BCUT2D eigenvalue weighted by Crippen LogP contribution is -2.54. The van der Waals surface area contributed by atoms with E-state index in [-0.39, 0.29) is 11.3 Å². The van der Waals surface area contributed by atoms with Gasteiger partial charge in [0.25, 0.3) is 11.8 Å². The molecule has 1 aromatic heterocycles. The van der Waals surface area contributed by atoms with Crippen LogP contribution in [0.5, 0.6) is 0 Å². The van der Waals surface area contributed by atoms with Gasteiger partial charge in [-0.2, -0.15) is 0 Å². The van der Waals surface area contributed by atoms with E-state index in [1.807, 2.05) is 18.5 Å². The molecule has 1 saturated carbocycles. The number of aromatic nitrogens is 1. The summed E-state index contributed by atoms with van der Waals surface area (Å²) in [4.78, 5) is 37.9. The van der Waals surface area contributed by atoms with Crippen molar-refractivity contribution in [3.63, 3.8) is 0 Å². The highest BCUT2D eigenvalue weighted by molar-refractivity contribution is 6.39. The number of anilines is 1. The third-order valence-corrected chi connectivity index (χ3v) is 4.96. The first-order chi connectivity index (χ1) is 13.0. The molecule has 4 amide bonds. The van der Waals surface area contributed by atoms with E-state index in [4.69, 9.17) is 0 Å². The highest BCUT2D eigenvalue weighted by Gasteiger charge is 2.37. The molecule has 138 valence electrons. The number of hydrogen-bond acceptors (Lipinski definition) is 3. The molecule has 0 spiro atoms. The number of imide groups is 2. The number of carbonyl (C=O) groups excluding carboxylic acids is 3. The Hall–Kier alpha value is -3.22. The fourth-order valence-corrected chi connectivity index (χ4v) is 3.62. The summed E-state index contributed by atoms with van der Waals surface area (Å²) in [5.41, 5.74) is 0.608. The first kappa shape index (κ1) is 17.2. The van der Waals surface area contributed by atoms with Gasteiger partial charge in [0.05, 0.1) is 5.69 Å². The van der Waals surface area contributed by atoms with E-state index in [0.717, 1.165) is 23.8 Å². The Morgan fingerprint density at radius 3 is 2.63 bits per heavy atom. The number of nitrogens with one attached hydrogen (secondary N) is 1. The predicted molar refractivity (Wildman–Crippen MR) is 97.3 cm³/mol. The number of rotatable bonds is 3. The summed E-state index contributed by atoms with van der Waals surface area (Å²) in [7, 11) is 0. The van der Waals surface area contributed by atoms with Gasteiger partial charge < -0.3 is 4.57 Å². The summed E-state index contributed by atoms with van der Waals surface area (Å²) in [6, 6.07) is 6.49. The van der Waals surface area contributed by atoms with E-state index in [9.17, 15) is 18.8 Å². The molecule has 0 atom stereocenters. The molecule has 0 bridgehead atoms. The van der Waals surface area contributed by atoms with Crippen LogP contribution in [0, 0.1) is 5.82 Å². The first-order valence-corrected chi connectivity index (χ1v) is 8.87. The molecule has 1 saturated heterocycles. The van der Waals surface area contributed by atoms with Crippen molar-refractivity contribution in [2.24, 2.45) is 0 Å². The molecular weight excluding hydrogens is 349 g/mol. The van der Waals surface area contributed by atoms with Crippen LogP contribution in [0.15, 0.2) is 48.3 Å². The summed E-state index contributed by atoms with van der Waals surface area (Å²) in [5, 5.41) is 2.14. The number of carbonyl (C=O) groups is 3. The normalized spacial score (nSPS) is 19.8. The lowest BCUT2D eigenvalue weighted by molar-refractivity contribution is -0.122. The Bertz CT molecular complexity index is 957. The van der Waals surface area contributed by atoms with Crippen LogP contribution >= 0.6 is 0 Å². The maximum atomic E-state index is 13.5. The number of urea groups is 1. The number of benzene rings is 1. The molecule has 1 N–H and O–H groups in total. The summed E-state index contributed by atoms with van der Waals surface area (Å²) in [6.45, 7) is 0. The van der Waals surface area contributed by atoms with Gasteiger partial charge >= 0.3 is 6.03 Å². The Labute approximate surface area is 155 Å². The van der Waals surface area contributed by atoms with Crippen molar-refractivity contribution in [2.45, 2.75) is 31.7 Å². The van der Waals surface area contributed by atoms with Crippen LogP contribution in [0.1, 0.15) is 37.3 Å². The molecule has 2 aromatic rings. The zero-order valence-electron chi connectivity index (χ0n) is 14.5. The van der Waals surface area contributed by atoms with Gasteiger partial charge in [-0.15, -0.1) is 0 Å². The summed E-state index contributed by atoms with van der Waals surface area (Å²) in [5.74, 6) is -2.11. The van der Waals surface area contributed by atoms with Gasteiger partial charge in [0, 0.05) is 18.4 Å². The highest BCUT2D eigenvalue weighted by Crippen LogP contribution is 2.30. The van der Waals surface area contributed by atoms with Crippen molar-refractivity contribution < 1.29 is 18.8 Å². The molecule has 1 aromatic carbocycles. The van der Waals surface area contributed by atoms with Crippen molar-refractivity contribution >= 4 is 29.6 Å². The van der Waals surface area contributed by atoms with Gasteiger partial charge in [-0.3, -0.25) is 14.9 Å². The summed E-state index contributed by atoms with van der Waals surface area (Å²) in [6.07, 6.45) is 9.92. The number of amides is 4. The van der Waals surface area contributed by atoms with Crippen LogP contribution in [0.25, 0.3) is 6.08 Å². The van der Waals surface area contributed by atoms with E-state index in [2.05, 4.69) is 9.88 Å². The van der Waals surface area contributed by atoms with Crippen molar-refractivity contribution in [1.29, 1.82) is 0 Å². The largest absolute Gasteiger partial charge is 0.351 e. The monoisotopic (exact) mass is 367 g/mol. The Kier molecular flexibility index (Phi) is 4.35. The Morgan fingerprint density at radius 1 is 1.11 bits per heavy atom. The number of nitrogens with zero attached hydrogens (tertiary/aromatic N) is 2. The van der Waals surface area contributed by atoms with Crippen LogP contribution < -0.4 is 10.2 Å². The predicted octanol–water partition coefficient (Wildman–Crippen LogP) is 3.41. The van der Waals surface area contributed by atoms with Crippen molar-refractivity contribution in [2.75, 3.05) is 4.90 Å². The maximum Gasteiger partial charge on any atom is 0.335 e. The lowest BCUT2D eigenvalue weighted by atomic mass is 10.1. The molecule has 2 heterocycles. The summed E-state index contributed by atoms with van der Waals surface area (Å²) < 4.78 is 15.6. The third kappa shape index (κ3) is 3.28. The van der Waals surface area contributed by atoms with E-state index >= 15 is 0 Å². The minimum Gasteiger partial charge on any atom is -0.351 e. The van der Waals surface area contributed by atoms with E-state index in [1.165, 1.54) is 37.1 Å². The number of barbiturate groups is 1. The minimum atomic E-state index is -0.892. The second-order valence-electron chi connectivity index (χ2n) is 6.77. The van der Waals surface area contributed by atoms with Crippen LogP contribution in [-0.4, -0.2) is 22.4 Å². The van der Waals surface area contributed by atoms with Gasteiger partial charge in [0.2, 0.25) is 0 Å². The summed E-state index contributed by atoms with van der Waals surface area (Å²) >= 11 is 0. The molecule has 2 fully saturated rings. The topological polar surface area (TPSA) is 71.4 Å². The SMILES string of the molecule is O=C1NC(=O)N(c2cccc(F)c2)C(=O)/C1=C\c1ccn(C2CCCC2)c1. The van der Waals surface area contributed by atoms with Gasteiger partial charge in [-0.1, -0.05) is 18.9 Å². The maximum absolute atomic E-state index is 13.5. The van der Waals surface area contributed by atoms with Crippen molar-refractivity contribution in [3.05, 3.63) is 59.7 Å². The molecule has 2 aliphatic rings. The second kappa shape index (κ2) is 6.83. The molecule has 1 aliphatic heterocycles. The standard InChI is InChI=1S/C20H18FN3O3/c21-14-4-3-7-16(11-14)24-19(26)17(18(25)22-20(24)27)10-13-8-9-23(12-13)15-5-1-2-6-15/h3-4,7-12,15H,1-2,5-6H2,(H,22,25,27)/b17-10-. The van der Waals surface area contributed by atoms with Gasteiger partial charge in [-0.05, 0) is 48.7 Å². The molecule has 1 aliphatic carbocycles. The van der Waals surface area contributed by atoms with Gasteiger partial charge in [-0.25, -0.2) is 14.1 Å². The molecular formula is C20H18FN3O3. The van der Waals surface area contributed by atoms with E-state index < -0.39 is 23.7 Å². The van der Waals surface area contributed by atoms with Crippen LogP contribution in [0.2, 0.25) is 0 Å². The van der Waals surface area contributed by atoms with Crippen molar-refractivity contribution in [1.82, 2.24) is 9.88 Å². The van der Waals surface area contributed by atoms with E-state index in [1.54, 1.807) is 0 Å². The van der Waals surface area contributed by atoms with E-state index in [0.29, 0.717) is 11.6 Å². The number of hydrogen-bond donors (Lipinski definition) is 1. The Balaban J connectivity index is 1.65. The smallest absolute Gasteiger partial charge is 0.335 e.